The molecule has 1 aromatic heterocycles. The van der Waals surface area contributed by atoms with E-state index < -0.39 is 0 Å². The van der Waals surface area contributed by atoms with Crippen molar-refractivity contribution in [1.29, 1.82) is 0 Å². The molecule has 1 fully saturated rings. The van der Waals surface area contributed by atoms with Crippen LogP contribution in [0.3, 0.4) is 0 Å². The fourth-order valence-corrected chi connectivity index (χ4v) is 2.44. The van der Waals surface area contributed by atoms with Crippen LogP contribution in [-0.4, -0.2) is 11.2 Å². The van der Waals surface area contributed by atoms with E-state index in [4.69, 9.17) is 4.52 Å². The molecule has 2 unspecified atom stereocenters. The smallest absolute Gasteiger partial charge is 0.133 e. The second-order valence-corrected chi connectivity index (χ2v) is 5.12. The van der Waals surface area contributed by atoms with Crippen LogP contribution in [0.2, 0.25) is 0 Å². The van der Waals surface area contributed by atoms with Gasteiger partial charge in [0.15, 0.2) is 0 Å². The van der Waals surface area contributed by atoms with Gasteiger partial charge in [-0.05, 0) is 32.1 Å². The largest absolute Gasteiger partial charge is 0.361 e. The average Bonchev–Trinajstić information content (AvgIpc) is 2.56. The summed E-state index contributed by atoms with van der Waals surface area (Å²) in [6.07, 6.45) is 6.71. The molecule has 90 valence electrons. The van der Waals surface area contributed by atoms with Gasteiger partial charge in [-0.3, -0.25) is 0 Å². The van der Waals surface area contributed by atoms with Crippen molar-refractivity contribution in [3.8, 4) is 0 Å². The SMILES string of the molecule is Cc1cc(CNC2CCCC(C)CC2)no1. The highest BCUT2D eigenvalue weighted by atomic mass is 16.5. The third-order valence-electron chi connectivity index (χ3n) is 3.51. The highest BCUT2D eigenvalue weighted by Crippen LogP contribution is 2.22. The van der Waals surface area contributed by atoms with Crippen LogP contribution >= 0.6 is 0 Å². The van der Waals surface area contributed by atoms with Gasteiger partial charge in [0, 0.05) is 18.7 Å². The second kappa shape index (κ2) is 5.48. The Labute approximate surface area is 97.6 Å². The molecule has 16 heavy (non-hydrogen) atoms. The molecule has 1 aliphatic carbocycles. The molecule has 1 aliphatic rings. The maximum Gasteiger partial charge on any atom is 0.133 e. The maximum atomic E-state index is 5.06. The number of nitrogens with one attached hydrogen (secondary N) is 1. The van der Waals surface area contributed by atoms with E-state index in [0.29, 0.717) is 6.04 Å². The van der Waals surface area contributed by atoms with Gasteiger partial charge in [-0.15, -0.1) is 0 Å². The standard InChI is InChI=1S/C13H22N2O/c1-10-4-3-5-12(7-6-10)14-9-13-8-11(2)16-15-13/h8,10,12,14H,3-7,9H2,1-2H3. The van der Waals surface area contributed by atoms with Gasteiger partial charge in [-0.2, -0.15) is 0 Å². The molecule has 2 rings (SSSR count). The van der Waals surface area contributed by atoms with Crippen molar-refractivity contribution in [2.24, 2.45) is 5.92 Å². The van der Waals surface area contributed by atoms with Crippen LogP contribution < -0.4 is 5.32 Å². The molecule has 3 heteroatoms. The molecule has 0 aromatic carbocycles. The topological polar surface area (TPSA) is 38.1 Å². The van der Waals surface area contributed by atoms with Crippen LogP contribution in [-0.2, 0) is 6.54 Å². The predicted octanol–water partition coefficient (Wildman–Crippen LogP) is 3.04. The molecule has 2 atom stereocenters. The minimum absolute atomic E-state index is 0.668. The zero-order valence-electron chi connectivity index (χ0n) is 10.3. The van der Waals surface area contributed by atoms with E-state index in [1.807, 2.05) is 13.0 Å². The number of hydrogen-bond donors (Lipinski definition) is 1. The number of rotatable bonds is 3. The van der Waals surface area contributed by atoms with Crippen LogP contribution in [0.5, 0.6) is 0 Å². The Balaban J connectivity index is 1.77. The van der Waals surface area contributed by atoms with Crippen molar-refractivity contribution in [1.82, 2.24) is 10.5 Å². The van der Waals surface area contributed by atoms with Crippen LogP contribution in [0.1, 0.15) is 50.5 Å². The Morgan fingerprint density at radius 3 is 3.00 bits per heavy atom. The van der Waals surface area contributed by atoms with Crippen LogP contribution in [0.15, 0.2) is 10.6 Å². The van der Waals surface area contributed by atoms with E-state index in [9.17, 15) is 0 Å². The molecule has 1 heterocycles. The van der Waals surface area contributed by atoms with E-state index in [-0.39, 0.29) is 0 Å². The highest BCUT2D eigenvalue weighted by Gasteiger charge is 2.15. The van der Waals surface area contributed by atoms with E-state index in [1.165, 1.54) is 32.1 Å². The number of aromatic nitrogens is 1. The van der Waals surface area contributed by atoms with Gasteiger partial charge in [-0.25, -0.2) is 0 Å². The summed E-state index contributed by atoms with van der Waals surface area (Å²) < 4.78 is 5.06. The lowest BCUT2D eigenvalue weighted by Gasteiger charge is -2.15. The van der Waals surface area contributed by atoms with E-state index >= 15 is 0 Å². The molecule has 0 radical (unpaired) electrons. The molecular formula is C13H22N2O. The fourth-order valence-electron chi connectivity index (χ4n) is 2.44. The van der Waals surface area contributed by atoms with E-state index in [1.54, 1.807) is 0 Å². The summed E-state index contributed by atoms with van der Waals surface area (Å²) in [7, 11) is 0. The van der Waals surface area contributed by atoms with Gasteiger partial charge >= 0.3 is 0 Å². The Bertz CT molecular complexity index is 321. The zero-order chi connectivity index (χ0) is 11.4. The quantitative estimate of drug-likeness (QED) is 0.799. The number of aryl methyl sites for hydroxylation is 1. The summed E-state index contributed by atoms with van der Waals surface area (Å²) in [5.41, 5.74) is 1.02. The van der Waals surface area contributed by atoms with E-state index in [2.05, 4.69) is 17.4 Å². The summed E-state index contributed by atoms with van der Waals surface area (Å²) in [5, 5.41) is 7.59. The van der Waals surface area contributed by atoms with Gasteiger partial charge in [0.2, 0.25) is 0 Å². The van der Waals surface area contributed by atoms with Crippen molar-refractivity contribution in [2.75, 3.05) is 0 Å². The summed E-state index contributed by atoms with van der Waals surface area (Å²) in [6.45, 7) is 5.14. The zero-order valence-corrected chi connectivity index (χ0v) is 10.3. The molecule has 0 amide bonds. The lowest BCUT2D eigenvalue weighted by molar-refractivity contribution is 0.381. The molecular weight excluding hydrogens is 200 g/mol. The molecule has 0 spiro atoms. The van der Waals surface area contributed by atoms with Gasteiger partial charge in [0.25, 0.3) is 0 Å². The molecule has 0 aliphatic heterocycles. The third kappa shape index (κ3) is 3.34. The highest BCUT2D eigenvalue weighted by molar-refractivity contribution is 5.03. The minimum atomic E-state index is 0.668. The first kappa shape index (κ1) is 11.6. The molecule has 0 bridgehead atoms. The van der Waals surface area contributed by atoms with Crippen LogP contribution in [0.25, 0.3) is 0 Å². The first-order valence-corrected chi connectivity index (χ1v) is 6.39. The normalized spacial score (nSPS) is 26.6. The average molecular weight is 222 g/mol. The third-order valence-corrected chi connectivity index (χ3v) is 3.51. The Hall–Kier alpha value is -0.830. The van der Waals surface area contributed by atoms with Gasteiger partial charge in [0.1, 0.15) is 5.76 Å². The van der Waals surface area contributed by atoms with Crippen molar-refractivity contribution in [2.45, 2.75) is 58.5 Å². The second-order valence-electron chi connectivity index (χ2n) is 5.12. The van der Waals surface area contributed by atoms with Crippen LogP contribution in [0, 0.1) is 12.8 Å². The van der Waals surface area contributed by atoms with Crippen molar-refractivity contribution >= 4 is 0 Å². The maximum absolute atomic E-state index is 5.06. The van der Waals surface area contributed by atoms with Gasteiger partial charge < -0.3 is 9.84 Å². The molecule has 1 saturated carbocycles. The van der Waals surface area contributed by atoms with Crippen molar-refractivity contribution in [3.63, 3.8) is 0 Å². The van der Waals surface area contributed by atoms with Gasteiger partial charge in [0.05, 0.1) is 5.69 Å². The molecule has 1 N–H and O–H groups in total. The minimum Gasteiger partial charge on any atom is -0.361 e. The van der Waals surface area contributed by atoms with Crippen molar-refractivity contribution < 1.29 is 4.52 Å². The van der Waals surface area contributed by atoms with Crippen LogP contribution in [0.4, 0.5) is 0 Å². The number of hydrogen-bond acceptors (Lipinski definition) is 3. The Morgan fingerprint density at radius 1 is 1.38 bits per heavy atom. The van der Waals surface area contributed by atoms with E-state index in [0.717, 1.165) is 23.9 Å². The summed E-state index contributed by atoms with van der Waals surface area (Å²) in [5.74, 6) is 1.80. The summed E-state index contributed by atoms with van der Waals surface area (Å²) >= 11 is 0. The first-order chi connectivity index (χ1) is 7.74. The fraction of sp³-hybridized carbons (Fsp3) is 0.769. The molecule has 1 aromatic rings. The van der Waals surface area contributed by atoms with Crippen molar-refractivity contribution in [3.05, 3.63) is 17.5 Å². The lowest BCUT2D eigenvalue weighted by Crippen LogP contribution is -2.28. The Morgan fingerprint density at radius 2 is 2.25 bits per heavy atom. The Kier molecular flexibility index (Phi) is 3.99. The first-order valence-electron chi connectivity index (χ1n) is 6.39. The predicted molar refractivity (Wildman–Crippen MR) is 64.1 cm³/mol. The molecule has 3 nitrogen and oxygen atoms in total. The molecule has 0 saturated heterocycles. The van der Waals surface area contributed by atoms with Gasteiger partial charge in [-0.1, -0.05) is 24.9 Å². The summed E-state index contributed by atoms with van der Waals surface area (Å²) in [4.78, 5) is 0. The monoisotopic (exact) mass is 222 g/mol. The lowest BCUT2D eigenvalue weighted by atomic mass is 10.0. The number of nitrogens with zero attached hydrogens (tertiary/aromatic N) is 1. The summed E-state index contributed by atoms with van der Waals surface area (Å²) in [6, 6.07) is 2.67.